The molecule has 4 nitrogen and oxygen atoms in total. The summed E-state index contributed by atoms with van der Waals surface area (Å²) in [6, 6.07) is 0. The van der Waals surface area contributed by atoms with Gasteiger partial charge in [-0.25, -0.2) is 0 Å². The van der Waals surface area contributed by atoms with E-state index in [0.717, 1.165) is 48.5 Å². The molecule has 8 unspecified atom stereocenters. The lowest BCUT2D eigenvalue weighted by atomic mass is 9.64. The Hall–Kier alpha value is -1.06. The van der Waals surface area contributed by atoms with Crippen molar-refractivity contribution in [3.63, 3.8) is 0 Å². The quantitative estimate of drug-likeness (QED) is 0.541. The van der Waals surface area contributed by atoms with Gasteiger partial charge in [-0.2, -0.15) is 0 Å². The number of hydrogen-bond acceptors (Lipinski definition) is 4. The highest BCUT2D eigenvalue weighted by Crippen LogP contribution is 2.71. The van der Waals surface area contributed by atoms with Crippen LogP contribution in [0.4, 0.5) is 0 Å². The van der Waals surface area contributed by atoms with Crippen LogP contribution >= 0.6 is 0 Å². The smallest absolute Gasteiger partial charge is 0.311 e. The Morgan fingerprint density at radius 1 is 1.12 bits per heavy atom. The number of ether oxygens (including phenoxy) is 2. The SMILES string of the molecule is C.CCC(C)(C)C(=O)OC.O=C1OCC2C3CC(C12)C1C2CCC(C2)C31. The third kappa shape index (κ3) is 2.70. The van der Waals surface area contributed by atoms with Crippen molar-refractivity contribution in [2.45, 2.75) is 60.3 Å². The van der Waals surface area contributed by atoms with E-state index in [0.29, 0.717) is 11.8 Å². The van der Waals surface area contributed by atoms with E-state index in [1.807, 2.05) is 20.8 Å². The molecule has 0 spiro atoms. The Kier molecular flexibility index (Phi) is 5.18. The molecule has 1 saturated heterocycles. The number of fused-ring (bicyclic) bond motifs is 12. The lowest BCUT2D eigenvalue weighted by Crippen LogP contribution is -2.38. The maximum absolute atomic E-state index is 11.8. The average Bonchev–Trinajstić information content (AvgIpc) is 3.38. The predicted octanol–water partition coefficient (Wildman–Crippen LogP) is 4.32. The second-order valence-corrected chi connectivity index (χ2v) is 9.60. The molecule has 0 radical (unpaired) electrons. The van der Waals surface area contributed by atoms with E-state index in [-0.39, 0.29) is 24.8 Å². The van der Waals surface area contributed by atoms with Gasteiger partial charge in [0.25, 0.3) is 0 Å². The summed E-state index contributed by atoms with van der Waals surface area (Å²) in [6.07, 6.45) is 6.63. The van der Waals surface area contributed by atoms with Gasteiger partial charge in [0, 0.05) is 5.92 Å². The van der Waals surface area contributed by atoms with Gasteiger partial charge in [0.05, 0.1) is 25.0 Å². The first-order valence-corrected chi connectivity index (χ1v) is 10.1. The Bertz CT molecular complexity index is 568. The van der Waals surface area contributed by atoms with E-state index in [2.05, 4.69) is 4.74 Å². The molecule has 5 rings (SSSR count). The molecular formula is C22H36O4. The van der Waals surface area contributed by atoms with Crippen LogP contribution in [0.3, 0.4) is 0 Å². The van der Waals surface area contributed by atoms with Gasteiger partial charge >= 0.3 is 11.9 Å². The fourth-order valence-corrected chi connectivity index (χ4v) is 6.98. The lowest BCUT2D eigenvalue weighted by molar-refractivity contribution is -0.150. The summed E-state index contributed by atoms with van der Waals surface area (Å²) in [7, 11) is 1.42. The molecule has 4 aliphatic carbocycles. The van der Waals surface area contributed by atoms with Gasteiger partial charge in [-0.15, -0.1) is 0 Å². The Balaban J connectivity index is 0.000000173. The Labute approximate surface area is 158 Å². The van der Waals surface area contributed by atoms with Crippen LogP contribution in [0.1, 0.15) is 60.3 Å². The van der Waals surface area contributed by atoms with Crippen molar-refractivity contribution < 1.29 is 19.1 Å². The summed E-state index contributed by atoms with van der Waals surface area (Å²) >= 11 is 0. The Morgan fingerprint density at radius 2 is 1.73 bits per heavy atom. The zero-order valence-electron chi connectivity index (χ0n) is 16.0. The van der Waals surface area contributed by atoms with Crippen molar-refractivity contribution in [3.8, 4) is 0 Å². The van der Waals surface area contributed by atoms with Gasteiger partial charge in [-0.3, -0.25) is 9.59 Å². The minimum Gasteiger partial charge on any atom is -0.469 e. The fraction of sp³-hybridized carbons (Fsp3) is 0.909. The molecule has 1 aliphatic heterocycles. The molecule has 4 bridgehead atoms. The van der Waals surface area contributed by atoms with Crippen molar-refractivity contribution in [2.75, 3.05) is 13.7 Å². The molecule has 0 aromatic heterocycles. The van der Waals surface area contributed by atoms with Crippen molar-refractivity contribution in [1.82, 2.24) is 0 Å². The minimum absolute atomic E-state index is 0. The van der Waals surface area contributed by atoms with Crippen LogP contribution in [0.25, 0.3) is 0 Å². The molecule has 8 atom stereocenters. The zero-order chi connectivity index (χ0) is 17.9. The van der Waals surface area contributed by atoms with E-state index in [1.54, 1.807) is 0 Å². The van der Waals surface area contributed by atoms with Gasteiger partial charge in [-0.1, -0.05) is 14.4 Å². The normalized spacial score (nSPS) is 43.8. The van der Waals surface area contributed by atoms with E-state index >= 15 is 0 Å². The third-order valence-electron chi connectivity index (χ3n) is 8.36. The van der Waals surface area contributed by atoms with Crippen molar-refractivity contribution in [2.24, 2.45) is 52.8 Å². The largest absolute Gasteiger partial charge is 0.469 e. The molecule has 26 heavy (non-hydrogen) atoms. The molecule has 4 saturated carbocycles. The third-order valence-corrected chi connectivity index (χ3v) is 8.36. The van der Waals surface area contributed by atoms with Crippen molar-refractivity contribution in [1.29, 1.82) is 0 Å². The first-order valence-electron chi connectivity index (χ1n) is 10.1. The van der Waals surface area contributed by atoms with Crippen LogP contribution in [0.2, 0.25) is 0 Å². The molecular weight excluding hydrogens is 328 g/mol. The standard InChI is InChI=1S/C14H18O2.C7H14O2.CH4/c15-14-13-9-4-8(10(13)5-16-14)11-6-1-2-7(3-6)12(9)11;1-5-7(2,3)6(8)9-4;/h6-13H,1-5H2;5H2,1-4H3;1H4. The molecule has 148 valence electrons. The van der Waals surface area contributed by atoms with Gasteiger partial charge in [-0.05, 0) is 81.5 Å². The second kappa shape index (κ2) is 6.83. The van der Waals surface area contributed by atoms with E-state index in [9.17, 15) is 9.59 Å². The zero-order valence-corrected chi connectivity index (χ0v) is 16.0. The molecule has 5 aliphatic rings. The molecule has 0 amide bonds. The molecule has 0 aromatic carbocycles. The molecule has 1 heterocycles. The summed E-state index contributed by atoms with van der Waals surface area (Å²) in [6.45, 7) is 6.47. The Morgan fingerprint density at radius 3 is 2.27 bits per heavy atom. The van der Waals surface area contributed by atoms with Gasteiger partial charge in [0.2, 0.25) is 0 Å². The maximum Gasteiger partial charge on any atom is 0.311 e. The van der Waals surface area contributed by atoms with Crippen molar-refractivity contribution >= 4 is 11.9 Å². The first-order chi connectivity index (χ1) is 11.9. The molecule has 0 N–H and O–H groups in total. The summed E-state index contributed by atoms with van der Waals surface area (Å²) in [4.78, 5) is 22.7. The second-order valence-electron chi connectivity index (χ2n) is 9.60. The van der Waals surface area contributed by atoms with Crippen LogP contribution in [0, 0.1) is 52.8 Å². The topological polar surface area (TPSA) is 52.6 Å². The number of esters is 2. The highest BCUT2D eigenvalue weighted by atomic mass is 16.5. The highest BCUT2D eigenvalue weighted by molar-refractivity contribution is 5.76. The monoisotopic (exact) mass is 364 g/mol. The van der Waals surface area contributed by atoms with Gasteiger partial charge in [0.1, 0.15) is 0 Å². The number of carbonyl (C=O) groups excluding carboxylic acids is 2. The average molecular weight is 365 g/mol. The van der Waals surface area contributed by atoms with E-state index in [1.165, 1.54) is 32.8 Å². The number of rotatable bonds is 2. The number of methoxy groups -OCH3 is 1. The van der Waals surface area contributed by atoms with Crippen LogP contribution < -0.4 is 0 Å². The van der Waals surface area contributed by atoms with Gasteiger partial charge < -0.3 is 9.47 Å². The van der Waals surface area contributed by atoms with Crippen LogP contribution in [0.15, 0.2) is 0 Å². The lowest BCUT2D eigenvalue weighted by Gasteiger charge is -2.38. The fourth-order valence-electron chi connectivity index (χ4n) is 6.98. The number of hydrogen-bond donors (Lipinski definition) is 0. The van der Waals surface area contributed by atoms with Crippen LogP contribution in [0.5, 0.6) is 0 Å². The van der Waals surface area contributed by atoms with Crippen molar-refractivity contribution in [3.05, 3.63) is 0 Å². The van der Waals surface area contributed by atoms with Crippen LogP contribution in [-0.4, -0.2) is 25.7 Å². The summed E-state index contributed by atoms with van der Waals surface area (Å²) in [5.74, 6) is 6.50. The maximum atomic E-state index is 11.8. The molecule has 4 heteroatoms. The predicted molar refractivity (Wildman–Crippen MR) is 100 cm³/mol. The first kappa shape index (κ1) is 19.7. The minimum atomic E-state index is -0.311. The summed E-state index contributed by atoms with van der Waals surface area (Å²) < 4.78 is 9.88. The number of cyclic esters (lactones) is 1. The molecule has 0 aromatic rings. The number of carbonyl (C=O) groups is 2. The van der Waals surface area contributed by atoms with Crippen LogP contribution in [-0.2, 0) is 19.1 Å². The van der Waals surface area contributed by atoms with E-state index in [4.69, 9.17) is 4.74 Å². The molecule has 5 fully saturated rings. The summed E-state index contributed by atoms with van der Waals surface area (Å²) in [5.41, 5.74) is -0.311. The highest BCUT2D eigenvalue weighted by Gasteiger charge is 2.68. The summed E-state index contributed by atoms with van der Waals surface area (Å²) in [5, 5.41) is 0. The van der Waals surface area contributed by atoms with Gasteiger partial charge in [0.15, 0.2) is 0 Å². The van der Waals surface area contributed by atoms with E-state index < -0.39 is 0 Å².